The quantitative estimate of drug-likeness (QED) is 0.765. The Balaban J connectivity index is 1.73. The van der Waals surface area contributed by atoms with Gasteiger partial charge in [0, 0.05) is 18.7 Å². The average molecular weight is 406 g/mol. The van der Waals surface area contributed by atoms with Crippen LogP contribution in [0.4, 0.5) is 23.1 Å². The summed E-state index contributed by atoms with van der Waals surface area (Å²) in [5.74, 6) is 4.61. The van der Waals surface area contributed by atoms with E-state index in [0.717, 1.165) is 42.0 Å². The lowest BCUT2D eigenvalue weighted by molar-refractivity contribution is -0.120. The summed E-state index contributed by atoms with van der Waals surface area (Å²) in [7, 11) is 3.40. The van der Waals surface area contributed by atoms with E-state index in [4.69, 9.17) is 16.1 Å². The fourth-order valence-corrected chi connectivity index (χ4v) is 4.45. The van der Waals surface area contributed by atoms with Gasteiger partial charge in [-0.25, -0.2) is 4.98 Å². The van der Waals surface area contributed by atoms with Crippen LogP contribution < -0.4 is 19.9 Å². The maximum atomic E-state index is 13.0. The Morgan fingerprint density at radius 3 is 2.77 bits per heavy atom. The third-order valence-electron chi connectivity index (χ3n) is 6.03. The van der Waals surface area contributed by atoms with Crippen molar-refractivity contribution in [2.45, 2.75) is 51.1 Å². The normalized spacial score (nSPS) is 18.9. The van der Waals surface area contributed by atoms with E-state index in [0.29, 0.717) is 17.7 Å². The Bertz CT molecular complexity index is 994. The Labute approximate surface area is 177 Å². The van der Waals surface area contributed by atoms with Gasteiger partial charge in [0.05, 0.1) is 19.0 Å². The number of carbonyl (C=O) groups is 1. The van der Waals surface area contributed by atoms with E-state index in [1.165, 1.54) is 12.8 Å². The molecule has 2 aromatic rings. The van der Waals surface area contributed by atoms with Crippen LogP contribution in [0.5, 0.6) is 5.75 Å². The number of ether oxygens (including phenoxy) is 1. The zero-order valence-electron chi connectivity index (χ0n) is 17.7. The molecule has 0 bridgehead atoms. The summed E-state index contributed by atoms with van der Waals surface area (Å²) >= 11 is 0. The minimum Gasteiger partial charge on any atom is -0.495 e. The first-order valence-electron chi connectivity index (χ1n) is 10.4. The van der Waals surface area contributed by atoms with Gasteiger partial charge in [0.2, 0.25) is 11.9 Å². The molecule has 0 saturated heterocycles. The van der Waals surface area contributed by atoms with Crippen molar-refractivity contribution >= 4 is 29.0 Å². The van der Waals surface area contributed by atoms with Crippen molar-refractivity contribution in [2.75, 3.05) is 29.3 Å². The number of hydrogen-bond acceptors (Lipinski definition) is 6. The molecular formula is C23H27N5O2. The number of nitrogens with one attached hydrogen (secondary N) is 1. The van der Waals surface area contributed by atoms with E-state index in [2.05, 4.69) is 28.0 Å². The summed E-state index contributed by atoms with van der Waals surface area (Å²) in [5.41, 5.74) is 2.22. The second-order valence-electron chi connectivity index (χ2n) is 7.75. The zero-order chi connectivity index (χ0) is 21.3. The van der Waals surface area contributed by atoms with Crippen LogP contribution in [0.2, 0.25) is 0 Å². The molecule has 1 aliphatic heterocycles. The number of aromatic nitrogens is 2. The van der Waals surface area contributed by atoms with Gasteiger partial charge in [-0.05, 0) is 37.5 Å². The van der Waals surface area contributed by atoms with Gasteiger partial charge >= 0.3 is 0 Å². The van der Waals surface area contributed by atoms with Crippen LogP contribution in [-0.2, 0) is 4.79 Å². The number of benzene rings is 1. The highest BCUT2D eigenvalue weighted by atomic mass is 16.5. The zero-order valence-corrected chi connectivity index (χ0v) is 17.7. The molecule has 2 heterocycles. The smallest absolute Gasteiger partial charge is 0.249 e. The van der Waals surface area contributed by atoms with Crippen molar-refractivity contribution < 1.29 is 9.53 Å². The molecule has 7 heteroatoms. The summed E-state index contributed by atoms with van der Waals surface area (Å²) in [6.07, 6.45) is 12.5. The van der Waals surface area contributed by atoms with Crippen molar-refractivity contribution in [3.63, 3.8) is 0 Å². The molecule has 2 aliphatic rings. The number of terminal acetylenes is 1. The molecule has 0 spiro atoms. The van der Waals surface area contributed by atoms with Crippen molar-refractivity contribution in [3.05, 3.63) is 30.0 Å². The molecule has 1 aromatic heterocycles. The summed E-state index contributed by atoms with van der Waals surface area (Å²) in [6, 6.07) is 5.63. The number of hydrogen-bond donors (Lipinski definition) is 1. The van der Waals surface area contributed by atoms with Gasteiger partial charge in [-0.15, -0.1) is 6.42 Å². The molecule has 1 fully saturated rings. The fourth-order valence-electron chi connectivity index (χ4n) is 4.45. The number of likely N-dealkylation sites (N-methyl/N-ethyl adjacent to an activating group) is 1. The minimum absolute atomic E-state index is 0.104. The van der Waals surface area contributed by atoms with E-state index in [9.17, 15) is 4.79 Å². The molecule has 1 atom stereocenters. The van der Waals surface area contributed by atoms with Gasteiger partial charge in [0.1, 0.15) is 17.5 Å². The Kier molecular flexibility index (Phi) is 5.49. The van der Waals surface area contributed by atoms with Gasteiger partial charge < -0.3 is 19.9 Å². The number of carbonyl (C=O) groups excluding carboxylic acids is 1. The van der Waals surface area contributed by atoms with Crippen molar-refractivity contribution in [2.24, 2.45) is 0 Å². The molecule has 156 valence electrons. The van der Waals surface area contributed by atoms with E-state index < -0.39 is 0 Å². The monoisotopic (exact) mass is 405 g/mol. The molecule has 1 saturated carbocycles. The van der Waals surface area contributed by atoms with Crippen molar-refractivity contribution in [1.29, 1.82) is 0 Å². The van der Waals surface area contributed by atoms with Crippen LogP contribution in [0.25, 0.3) is 0 Å². The van der Waals surface area contributed by atoms with Crippen molar-refractivity contribution in [3.8, 4) is 18.1 Å². The third kappa shape index (κ3) is 3.43. The lowest BCUT2D eigenvalue weighted by Crippen LogP contribution is -2.55. The SMILES string of the molecule is C#Cc1ccc(Nc2ncc3c(n2)N(C2CCCC2)[C@H](CC)C(=O)N3C)c(OC)c1. The Morgan fingerprint density at radius 2 is 2.10 bits per heavy atom. The molecule has 4 rings (SSSR count). The number of rotatable bonds is 5. The molecule has 1 aliphatic carbocycles. The van der Waals surface area contributed by atoms with Crippen molar-refractivity contribution in [1.82, 2.24) is 9.97 Å². The fraction of sp³-hybridized carbons (Fsp3) is 0.435. The standard InChI is InChI=1S/C23H27N5O2/c1-5-15-11-12-17(20(13-15)30-4)25-23-24-14-19-21(26-23)28(16-9-7-8-10-16)18(6-2)22(29)27(19)3/h1,11-14,16,18H,6-10H2,2-4H3,(H,24,25,26)/t18-/m1/s1. The van der Waals surface area contributed by atoms with Crippen LogP contribution in [0.15, 0.2) is 24.4 Å². The maximum Gasteiger partial charge on any atom is 0.249 e. The highest BCUT2D eigenvalue weighted by molar-refractivity contribution is 6.04. The summed E-state index contributed by atoms with van der Waals surface area (Å²) < 4.78 is 5.46. The van der Waals surface area contributed by atoms with Crippen LogP contribution in [0, 0.1) is 12.3 Å². The predicted molar refractivity (Wildman–Crippen MR) is 118 cm³/mol. The van der Waals surface area contributed by atoms with E-state index in [1.54, 1.807) is 31.3 Å². The largest absolute Gasteiger partial charge is 0.495 e. The molecular weight excluding hydrogens is 378 g/mol. The van der Waals surface area contributed by atoms with Crippen LogP contribution in [0.3, 0.4) is 0 Å². The molecule has 1 N–H and O–H groups in total. The number of methoxy groups -OCH3 is 1. The lowest BCUT2D eigenvalue weighted by Gasteiger charge is -2.43. The molecule has 30 heavy (non-hydrogen) atoms. The molecule has 0 unspecified atom stereocenters. The van der Waals surface area contributed by atoms with Gasteiger partial charge in [-0.2, -0.15) is 4.98 Å². The first-order valence-corrected chi connectivity index (χ1v) is 10.4. The average Bonchev–Trinajstić information content (AvgIpc) is 3.30. The highest BCUT2D eigenvalue weighted by Crippen LogP contribution is 2.40. The summed E-state index contributed by atoms with van der Waals surface area (Å²) in [4.78, 5) is 26.2. The number of anilines is 4. The predicted octanol–water partition coefficient (Wildman–Crippen LogP) is 3.71. The van der Waals surface area contributed by atoms with Crippen LogP contribution >= 0.6 is 0 Å². The Hall–Kier alpha value is -3.27. The third-order valence-corrected chi connectivity index (χ3v) is 6.03. The first-order chi connectivity index (χ1) is 14.6. The molecule has 7 nitrogen and oxygen atoms in total. The van der Waals surface area contributed by atoms with Gasteiger partial charge in [0.15, 0.2) is 5.82 Å². The van der Waals surface area contributed by atoms with E-state index in [-0.39, 0.29) is 11.9 Å². The highest BCUT2D eigenvalue weighted by Gasteiger charge is 2.41. The van der Waals surface area contributed by atoms with E-state index >= 15 is 0 Å². The van der Waals surface area contributed by atoms with Crippen LogP contribution in [-0.4, -0.2) is 42.1 Å². The topological polar surface area (TPSA) is 70.6 Å². The van der Waals surface area contributed by atoms with Gasteiger partial charge in [-0.3, -0.25) is 4.79 Å². The first kappa shape index (κ1) is 20.0. The van der Waals surface area contributed by atoms with Crippen LogP contribution in [0.1, 0.15) is 44.6 Å². The van der Waals surface area contributed by atoms with Gasteiger partial charge in [-0.1, -0.05) is 25.7 Å². The number of fused-ring (bicyclic) bond motifs is 1. The maximum absolute atomic E-state index is 13.0. The summed E-state index contributed by atoms with van der Waals surface area (Å²) in [5, 5.41) is 3.25. The van der Waals surface area contributed by atoms with E-state index in [1.807, 2.05) is 12.1 Å². The number of amides is 1. The number of nitrogens with zero attached hydrogens (tertiary/aromatic N) is 4. The minimum atomic E-state index is -0.196. The Morgan fingerprint density at radius 1 is 1.33 bits per heavy atom. The second kappa shape index (κ2) is 8.23. The second-order valence-corrected chi connectivity index (χ2v) is 7.75. The van der Waals surface area contributed by atoms with Gasteiger partial charge in [0.25, 0.3) is 0 Å². The summed E-state index contributed by atoms with van der Waals surface area (Å²) in [6.45, 7) is 2.06. The molecule has 1 amide bonds. The molecule has 1 aromatic carbocycles. The molecule has 0 radical (unpaired) electrons. The lowest BCUT2D eigenvalue weighted by atomic mass is 10.0.